The summed E-state index contributed by atoms with van der Waals surface area (Å²) in [7, 11) is 0. The molecule has 0 fully saturated rings. The molecule has 0 aliphatic carbocycles. The molecule has 0 amide bonds. The number of carboxylic acids is 2. The van der Waals surface area contributed by atoms with Gasteiger partial charge in [-0.15, -0.1) is 0 Å². The van der Waals surface area contributed by atoms with Crippen LogP contribution in [0.5, 0.6) is 11.5 Å². The molecule has 0 radical (unpaired) electrons. The van der Waals surface area contributed by atoms with Gasteiger partial charge < -0.3 is 40.8 Å². The third-order valence-electron chi connectivity index (χ3n) is 4.33. The third-order valence-corrected chi connectivity index (χ3v) is 4.33. The van der Waals surface area contributed by atoms with E-state index in [-0.39, 0.29) is 59.0 Å². The largest absolute Gasteiger partial charge is 0.481 e. The van der Waals surface area contributed by atoms with Crippen molar-refractivity contribution in [3.8, 4) is 11.5 Å². The second-order valence-corrected chi connectivity index (χ2v) is 7.12. The lowest BCUT2D eigenvalue weighted by Crippen LogP contribution is -2.16. The molecule has 0 aliphatic heterocycles. The number of ether oxygens (including phenoxy) is 2. The molecule has 212 valence electrons. The number of hydrogen-bond acceptors (Lipinski definition) is 10. The average Bonchev–Trinajstić information content (AvgIpc) is 2.88. The summed E-state index contributed by atoms with van der Waals surface area (Å²) in [6, 6.07) is 12.7. The lowest BCUT2D eigenvalue weighted by atomic mass is 10.2. The van der Waals surface area contributed by atoms with E-state index in [4.69, 9.17) is 31.2 Å². The maximum Gasteiger partial charge on any atom is 0.335 e. The number of oxime groups is 2. The Hall–Kier alpha value is -5.14. The van der Waals surface area contributed by atoms with Crippen LogP contribution >= 0.6 is 0 Å². The van der Waals surface area contributed by atoms with Crippen LogP contribution in [0.1, 0.15) is 51.7 Å². The van der Waals surface area contributed by atoms with Crippen molar-refractivity contribution in [1.82, 2.24) is 0 Å². The zero-order valence-corrected chi connectivity index (χ0v) is 19.4. The normalized spacial score (nSPS) is 10.8. The van der Waals surface area contributed by atoms with Gasteiger partial charge in [-0.2, -0.15) is 0 Å². The van der Waals surface area contributed by atoms with Gasteiger partial charge in [-0.1, -0.05) is 25.2 Å². The van der Waals surface area contributed by atoms with Gasteiger partial charge in [-0.3, -0.25) is 9.59 Å². The average molecular weight is 549 g/mol. The van der Waals surface area contributed by atoms with Gasteiger partial charge in [0.15, 0.2) is 11.7 Å². The summed E-state index contributed by atoms with van der Waals surface area (Å²) in [5.74, 6) is -3.15. The van der Waals surface area contributed by atoms with Crippen molar-refractivity contribution in [2.45, 2.75) is 40.5 Å². The van der Waals surface area contributed by atoms with Gasteiger partial charge in [-0.05, 0) is 48.5 Å². The molecule has 6 N–H and O–H groups in total. The van der Waals surface area contributed by atoms with Crippen molar-refractivity contribution < 1.29 is 48.5 Å². The number of amidine groups is 2. The van der Waals surface area contributed by atoms with E-state index in [9.17, 15) is 19.2 Å². The van der Waals surface area contributed by atoms with Crippen molar-refractivity contribution in [3.63, 3.8) is 0 Å². The van der Waals surface area contributed by atoms with Crippen LogP contribution in [0.25, 0.3) is 0 Å². The van der Waals surface area contributed by atoms with E-state index >= 15 is 0 Å². The number of rotatable bonds is 14. The molecule has 0 unspecified atom stereocenters. The summed E-state index contributed by atoms with van der Waals surface area (Å²) in [6.07, 6.45) is -1.39. The quantitative estimate of drug-likeness (QED) is 0.0878. The Balaban J connectivity index is 0.00000722. The fourth-order valence-corrected chi connectivity index (χ4v) is 2.42. The molecule has 0 saturated carbocycles. The van der Waals surface area contributed by atoms with Crippen LogP contribution in [0.15, 0.2) is 58.8 Å². The molecule has 0 aliphatic rings. The zero-order chi connectivity index (χ0) is 27.2. The Morgan fingerprint density at radius 2 is 0.949 bits per heavy atom. The summed E-state index contributed by atoms with van der Waals surface area (Å²) in [4.78, 5) is 52.8. The van der Waals surface area contributed by atoms with Crippen LogP contribution in [-0.4, -0.2) is 52.6 Å². The predicted octanol–water partition coefficient (Wildman–Crippen LogP) is 2.43. The van der Waals surface area contributed by atoms with Gasteiger partial charge in [0.1, 0.15) is 11.5 Å². The molecule has 2 aromatic rings. The fourth-order valence-electron chi connectivity index (χ4n) is 2.42. The van der Waals surface area contributed by atoms with E-state index in [0.717, 1.165) is 0 Å². The summed E-state index contributed by atoms with van der Waals surface area (Å²) in [6.45, 7) is -0.131. The molecule has 14 nitrogen and oxygen atoms in total. The molecule has 2 rings (SSSR count). The highest BCUT2D eigenvalue weighted by Crippen LogP contribution is 2.15. The van der Waals surface area contributed by atoms with E-state index in [1.54, 1.807) is 48.5 Å². The number of carboxylic acid groups (broad SMARTS) is 2. The maximum absolute atomic E-state index is 11.4. The van der Waals surface area contributed by atoms with Crippen molar-refractivity contribution >= 4 is 35.5 Å². The van der Waals surface area contributed by atoms with E-state index in [0.29, 0.717) is 22.6 Å². The van der Waals surface area contributed by atoms with Gasteiger partial charge in [-0.25, -0.2) is 9.59 Å². The van der Waals surface area contributed by atoms with Gasteiger partial charge in [0.2, 0.25) is 6.79 Å². The molecule has 0 saturated heterocycles. The minimum Gasteiger partial charge on any atom is -0.481 e. The second-order valence-electron chi connectivity index (χ2n) is 7.12. The van der Waals surface area contributed by atoms with E-state index in [1.807, 2.05) is 0 Å². The summed E-state index contributed by atoms with van der Waals surface area (Å²) in [5.41, 5.74) is 12.4. The Kier molecular flexibility index (Phi) is 15.1. The SMILES string of the molecule is C.C.N/C(=N\OC(=O)CCC(=O)O)c1ccc(OCOc2ccc(/C(N)=N/OC(=O)CCC(=O)O)cc2)cc1. The minimum atomic E-state index is -1.13. The first-order valence-electron chi connectivity index (χ1n) is 10.6. The molecule has 2 aromatic carbocycles. The van der Waals surface area contributed by atoms with Crippen molar-refractivity contribution in [1.29, 1.82) is 0 Å². The lowest BCUT2D eigenvalue weighted by Gasteiger charge is -2.09. The highest BCUT2D eigenvalue weighted by Gasteiger charge is 2.09. The van der Waals surface area contributed by atoms with Gasteiger partial charge in [0.05, 0.1) is 25.7 Å². The minimum absolute atomic E-state index is 0. The number of nitrogens with two attached hydrogens (primary N) is 2. The predicted molar refractivity (Wildman–Crippen MR) is 140 cm³/mol. The van der Waals surface area contributed by atoms with Crippen LogP contribution in [-0.2, 0) is 28.9 Å². The number of carbonyl (C=O) groups excluding carboxylic acids is 2. The molecule has 0 aromatic heterocycles. The first kappa shape index (κ1) is 33.9. The highest BCUT2D eigenvalue weighted by atomic mass is 16.7. The monoisotopic (exact) mass is 548 g/mol. The van der Waals surface area contributed by atoms with Crippen molar-refractivity contribution in [3.05, 3.63) is 59.7 Å². The van der Waals surface area contributed by atoms with Gasteiger partial charge in [0, 0.05) is 11.1 Å². The highest BCUT2D eigenvalue weighted by molar-refractivity contribution is 5.98. The van der Waals surface area contributed by atoms with E-state index in [2.05, 4.69) is 20.0 Å². The first-order valence-corrected chi connectivity index (χ1v) is 10.6. The number of carbonyl (C=O) groups is 4. The van der Waals surface area contributed by atoms with E-state index < -0.39 is 23.9 Å². The smallest absolute Gasteiger partial charge is 0.335 e. The first-order chi connectivity index (χ1) is 17.6. The molecule has 0 heterocycles. The molecule has 0 bridgehead atoms. The molecule has 14 heteroatoms. The maximum atomic E-state index is 11.4. The van der Waals surface area contributed by atoms with Crippen LogP contribution in [0, 0.1) is 0 Å². The number of benzene rings is 2. The van der Waals surface area contributed by atoms with Crippen molar-refractivity contribution in [2.75, 3.05) is 6.79 Å². The lowest BCUT2D eigenvalue weighted by molar-refractivity contribution is -0.147. The van der Waals surface area contributed by atoms with Crippen LogP contribution in [0.3, 0.4) is 0 Å². The number of hydrogen-bond donors (Lipinski definition) is 4. The second kappa shape index (κ2) is 17.3. The van der Waals surface area contributed by atoms with Gasteiger partial charge in [0.25, 0.3) is 0 Å². The fraction of sp³-hybridized carbons (Fsp3) is 0.280. The molecule has 0 atom stereocenters. The van der Waals surface area contributed by atoms with Crippen LogP contribution in [0.4, 0.5) is 0 Å². The summed E-state index contributed by atoms with van der Waals surface area (Å²) >= 11 is 0. The summed E-state index contributed by atoms with van der Waals surface area (Å²) < 4.78 is 11.0. The zero-order valence-electron chi connectivity index (χ0n) is 19.4. The Morgan fingerprint density at radius 3 is 1.26 bits per heavy atom. The number of nitrogens with zero attached hydrogens (tertiary/aromatic N) is 2. The third kappa shape index (κ3) is 13.1. The molecular formula is C25H32N4O10. The van der Waals surface area contributed by atoms with Gasteiger partial charge >= 0.3 is 23.9 Å². The van der Waals surface area contributed by atoms with Crippen molar-refractivity contribution in [2.24, 2.45) is 21.8 Å². The Labute approximate surface area is 224 Å². The molecular weight excluding hydrogens is 516 g/mol. The Bertz CT molecular complexity index is 1070. The Morgan fingerprint density at radius 1 is 0.615 bits per heavy atom. The molecule has 0 spiro atoms. The summed E-state index contributed by atoms with van der Waals surface area (Å²) in [5, 5.41) is 24.0. The standard InChI is InChI=1S/C23H24N4O10.2CH4/c24-22(26-36-20(32)11-9-18(28)29)14-1-5-16(6-2-14)34-13-35-17-7-3-15(4-8-17)23(25)27-37-21(33)12-10-19(30)31;;/h1-8H,9-13H2,(H2,24,26)(H2,25,27)(H,28,29)(H,30,31);2*1H4. The van der Waals surface area contributed by atoms with E-state index in [1.165, 1.54) is 0 Å². The topological polar surface area (TPSA) is 222 Å². The van der Waals surface area contributed by atoms with Crippen LogP contribution < -0.4 is 20.9 Å². The van der Waals surface area contributed by atoms with Crippen LogP contribution in [0.2, 0.25) is 0 Å². The molecule has 39 heavy (non-hydrogen) atoms. The number of aliphatic carboxylic acids is 2.